The van der Waals surface area contributed by atoms with Crippen molar-refractivity contribution in [3.05, 3.63) is 0 Å². The zero-order valence-corrected chi connectivity index (χ0v) is 13.3. The van der Waals surface area contributed by atoms with E-state index in [-0.39, 0.29) is 23.9 Å². The topological polar surface area (TPSA) is 62.8 Å². The first-order valence-electron chi connectivity index (χ1n) is 8.12. The number of carbonyl (C=O) groups is 1. The van der Waals surface area contributed by atoms with Gasteiger partial charge in [-0.3, -0.25) is 9.69 Å². The molecule has 2 heterocycles. The maximum absolute atomic E-state index is 12.4. The normalized spacial score (nSPS) is 28.5. The van der Waals surface area contributed by atoms with Gasteiger partial charge in [-0.1, -0.05) is 6.92 Å². The summed E-state index contributed by atoms with van der Waals surface area (Å²) in [6.45, 7) is 10.7. The van der Waals surface area contributed by atoms with E-state index in [1.807, 2.05) is 0 Å². The van der Waals surface area contributed by atoms with Gasteiger partial charge in [-0.25, -0.2) is 0 Å². The van der Waals surface area contributed by atoms with Crippen LogP contribution in [0.2, 0.25) is 0 Å². The Balaban J connectivity index is 1.74. The lowest BCUT2D eigenvalue weighted by Crippen LogP contribution is -2.50. The molecule has 6 nitrogen and oxygen atoms in total. The minimum Gasteiger partial charge on any atom is -0.379 e. The Labute approximate surface area is 127 Å². The summed E-state index contributed by atoms with van der Waals surface area (Å²) in [7, 11) is 0. The van der Waals surface area contributed by atoms with E-state index in [0.29, 0.717) is 13.2 Å². The van der Waals surface area contributed by atoms with Gasteiger partial charge in [0.2, 0.25) is 5.91 Å². The van der Waals surface area contributed by atoms with Gasteiger partial charge < -0.3 is 20.1 Å². The molecule has 0 aromatic carbocycles. The van der Waals surface area contributed by atoms with Crippen LogP contribution in [0.1, 0.15) is 20.3 Å². The second-order valence-electron chi connectivity index (χ2n) is 6.03. The van der Waals surface area contributed by atoms with Crippen LogP contribution in [0.15, 0.2) is 0 Å². The summed E-state index contributed by atoms with van der Waals surface area (Å²) >= 11 is 0. The van der Waals surface area contributed by atoms with E-state index in [1.165, 1.54) is 0 Å². The molecule has 21 heavy (non-hydrogen) atoms. The van der Waals surface area contributed by atoms with Crippen LogP contribution in [-0.4, -0.2) is 75.5 Å². The molecule has 2 rings (SSSR count). The van der Waals surface area contributed by atoms with E-state index in [9.17, 15) is 4.79 Å². The van der Waals surface area contributed by atoms with Crippen molar-refractivity contribution >= 4 is 5.91 Å². The highest BCUT2D eigenvalue weighted by atomic mass is 16.5. The first-order chi connectivity index (χ1) is 10.2. The highest BCUT2D eigenvalue weighted by Crippen LogP contribution is 2.14. The van der Waals surface area contributed by atoms with Crippen molar-refractivity contribution in [3.8, 4) is 0 Å². The smallest absolute Gasteiger partial charge is 0.227 e. The molecule has 122 valence electrons. The van der Waals surface area contributed by atoms with E-state index < -0.39 is 0 Å². The number of carbonyl (C=O) groups excluding carboxylic acids is 1. The third-order valence-electron chi connectivity index (χ3n) is 4.10. The van der Waals surface area contributed by atoms with Crippen LogP contribution in [0.3, 0.4) is 0 Å². The second kappa shape index (κ2) is 8.68. The van der Waals surface area contributed by atoms with Gasteiger partial charge in [0.1, 0.15) is 0 Å². The number of nitrogens with zero attached hydrogens (tertiary/aromatic N) is 1. The number of amides is 1. The zero-order chi connectivity index (χ0) is 15.1. The highest BCUT2D eigenvalue weighted by molar-refractivity contribution is 5.80. The Morgan fingerprint density at radius 3 is 2.76 bits per heavy atom. The van der Waals surface area contributed by atoms with Crippen molar-refractivity contribution in [1.82, 2.24) is 15.5 Å². The molecule has 2 aliphatic rings. The fourth-order valence-electron chi connectivity index (χ4n) is 2.91. The molecule has 2 aliphatic heterocycles. The SMILES string of the molecule is CCCNC1COCC1C(=O)NC(C)CN1CCOCC1. The van der Waals surface area contributed by atoms with Crippen LogP contribution in [0.25, 0.3) is 0 Å². The van der Waals surface area contributed by atoms with E-state index >= 15 is 0 Å². The Morgan fingerprint density at radius 2 is 2.05 bits per heavy atom. The van der Waals surface area contributed by atoms with Gasteiger partial charge in [0.05, 0.1) is 32.3 Å². The van der Waals surface area contributed by atoms with Gasteiger partial charge in [-0.05, 0) is 19.9 Å². The average Bonchev–Trinajstić information content (AvgIpc) is 2.94. The molecule has 0 aromatic rings. The molecule has 2 saturated heterocycles. The molecule has 2 N–H and O–H groups in total. The van der Waals surface area contributed by atoms with E-state index in [4.69, 9.17) is 9.47 Å². The van der Waals surface area contributed by atoms with Crippen molar-refractivity contribution in [2.45, 2.75) is 32.4 Å². The van der Waals surface area contributed by atoms with Crippen molar-refractivity contribution in [2.24, 2.45) is 5.92 Å². The largest absolute Gasteiger partial charge is 0.379 e. The Bertz CT molecular complexity index is 321. The number of morpholine rings is 1. The lowest BCUT2D eigenvalue weighted by atomic mass is 10.0. The van der Waals surface area contributed by atoms with E-state index in [1.54, 1.807) is 0 Å². The number of nitrogens with one attached hydrogen (secondary N) is 2. The zero-order valence-electron chi connectivity index (χ0n) is 13.3. The van der Waals surface area contributed by atoms with Gasteiger partial charge in [-0.2, -0.15) is 0 Å². The van der Waals surface area contributed by atoms with Gasteiger partial charge in [0, 0.05) is 31.7 Å². The van der Waals surface area contributed by atoms with Crippen LogP contribution in [0, 0.1) is 5.92 Å². The molecule has 0 spiro atoms. The molecule has 0 saturated carbocycles. The first-order valence-corrected chi connectivity index (χ1v) is 8.12. The number of ether oxygens (including phenoxy) is 2. The Morgan fingerprint density at radius 1 is 1.29 bits per heavy atom. The van der Waals surface area contributed by atoms with Crippen LogP contribution in [-0.2, 0) is 14.3 Å². The number of rotatable bonds is 7. The summed E-state index contributed by atoms with van der Waals surface area (Å²) in [5, 5.41) is 6.54. The molecule has 0 bridgehead atoms. The van der Waals surface area contributed by atoms with Crippen LogP contribution in [0.4, 0.5) is 0 Å². The van der Waals surface area contributed by atoms with Gasteiger partial charge in [0.25, 0.3) is 0 Å². The molecule has 3 unspecified atom stereocenters. The Hall–Kier alpha value is -0.690. The fourth-order valence-corrected chi connectivity index (χ4v) is 2.91. The standard InChI is InChI=1S/C15H29N3O3/c1-3-4-16-14-11-21-10-13(14)15(19)17-12(2)9-18-5-7-20-8-6-18/h12-14,16H,3-11H2,1-2H3,(H,17,19). The van der Waals surface area contributed by atoms with Crippen molar-refractivity contribution in [1.29, 1.82) is 0 Å². The molecule has 3 atom stereocenters. The fraction of sp³-hybridized carbons (Fsp3) is 0.933. The van der Waals surface area contributed by atoms with Crippen LogP contribution in [0.5, 0.6) is 0 Å². The van der Waals surface area contributed by atoms with Crippen LogP contribution < -0.4 is 10.6 Å². The maximum atomic E-state index is 12.4. The molecule has 2 fully saturated rings. The molecule has 0 aromatic heterocycles. The quantitative estimate of drug-likeness (QED) is 0.684. The molecule has 0 aliphatic carbocycles. The first kappa shape index (κ1) is 16.7. The number of hydrogen-bond donors (Lipinski definition) is 2. The molecule has 0 radical (unpaired) electrons. The third kappa shape index (κ3) is 5.21. The van der Waals surface area contributed by atoms with Crippen molar-refractivity contribution < 1.29 is 14.3 Å². The summed E-state index contributed by atoms with van der Waals surface area (Å²) in [6.07, 6.45) is 1.07. The lowest BCUT2D eigenvalue weighted by Gasteiger charge is -2.30. The highest BCUT2D eigenvalue weighted by Gasteiger charge is 2.34. The molecule has 1 amide bonds. The van der Waals surface area contributed by atoms with Gasteiger partial charge in [-0.15, -0.1) is 0 Å². The summed E-state index contributed by atoms with van der Waals surface area (Å²) in [6, 6.07) is 0.309. The van der Waals surface area contributed by atoms with Crippen molar-refractivity contribution in [3.63, 3.8) is 0 Å². The predicted molar refractivity (Wildman–Crippen MR) is 81.3 cm³/mol. The van der Waals surface area contributed by atoms with E-state index in [0.717, 1.165) is 45.8 Å². The van der Waals surface area contributed by atoms with Gasteiger partial charge >= 0.3 is 0 Å². The molecule has 6 heteroatoms. The van der Waals surface area contributed by atoms with Gasteiger partial charge in [0.15, 0.2) is 0 Å². The minimum absolute atomic E-state index is 0.0660. The third-order valence-corrected chi connectivity index (χ3v) is 4.10. The summed E-state index contributed by atoms with van der Waals surface area (Å²) < 4.78 is 10.8. The molecular weight excluding hydrogens is 270 g/mol. The summed E-state index contributed by atoms with van der Waals surface area (Å²) in [4.78, 5) is 14.7. The van der Waals surface area contributed by atoms with Crippen LogP contribution >= 0.6 is 0 Å². The summed E-state index contributed by atoms with van der Waals surface area (Å²) in [5.41, 5.74) is 0. The van der Waals surface area contributed by atoms with Crippen molar-refractivity contribution in [2.75, 3.05) is 52.6 Å². The lowest BCUT2D eigenvalue weighted by molar-refractivity contribution is -0.126. The predicted octanol–water partition coefficient (Wildman–Crippen LogP) is -0.162. The maximum Gasteiger partial charge on any atom is 0.227 e. The minimum atomic E-state index is -0.0660. The molecular formula is C15H29N3O3. The second-order valence-corrected chi connectivity index (χ2v) is 6.03. The Kier molecular flexibility index (Phi) is 6.89. The number of hydrogen-bond acceptors (Lipinski definition) is 5. The monoisotopic (exact) mass is 299 g/mol. The summed E-state index contributed by atoms with van der Waals surface area (Å²) in [5.74, 6) is 0.0468. The van der Waals surface area contributed by atoms with E-state index in [2.05, 4.69) is 29.4 Å². The average molecular weight is 299 g/mol.